The van der Waals surface area contributed by atoms with E-state index in [1.54, 1.807) is 21.3 Å². The fourth-order valence-electron chi connectivity index (χ4n) is 1.63. The molecule has 0 aliphatic rings. The van der Waals surface area contributed by atoms with Crippen LogP contribution in [0.3, 0.4) is 0 Å². The zero-order valence-electron chi connectivity index (χ0n) is 10.9. The molecule has 1 rings (SSSR count). The van der Waals surface area contributed by atoms with Gasteiger partial charge in [0.05, 0.1) is 20.3 Å². The second kappa shape index (κ2) is 6.47. The Morgan fingerprint density at radius 1 is 1.06 bits per heavy atom. The van der Waals surface area contributed by atoms with Gasteiger partial charge in [-0.05, 0) is 31.0 Å². The molecule has 4 heteroatoms. The Balaban J connectivity index is 2.88. The summed E-state index contributed by atoms with van der Waals surface area (Å²) < 4.78 is 15.6. The highest BCUT2D eigenvalue weighted by Crippen LogP contribution is 2.27. The van der Waals surface area contributed by atoms with E-state index in [-0.39, 0.29) is 12.1 Å². The van der Waals surface area contributed by atoms with E-state index in [1.165, 1.54) is 0 Å². The van der Waals surface area contributed by atoms with E-state index in [0.717, 1.165) is 23.5 Å². The Labute approximate surface area is 103 Å². The molecule has 1 aromatic carbocycles. The summed E-state index contributed by atoms with van der Waals surface area (Å²) in [5, 5.41) is 0. The Bertz CT molecular complexity index is 332. The lowest BCUT2D eigenvalue weighted by molar-refractivity contribution is 0.104. The Hall–Kier alpha value is -1.26. The monoisotopic (exact) mass is 239 g/mol. The molecule has 1 aromatic rings. The molecular formula is C13H21NO3. The standard InChI is InChI=1S/C13H21NO3/c1-9(15-2)5-13(14)10-6-11(16-3)8-12(7-10)17-4/h6-9,13H,5,14H2,1-4H3. The first-order valence-corrected chi connectivity index (χ1v) is 5.62. The summed E-state index contributed by atoms with van der Waals surface area (Å²) in [5.74, 6) is 1.50. The third kappa shape index (κ3) is 3.91. The van der Waals surface area contributed by atoms with Crippen molar-refractivity contribution in [1.82, 2.24) is 0 Å². The van der Waals surface area contributed by atoms with Gasteiger partial charge in [-0.1, -0.05) is 0 Å². The number of nitrogens with two attached hydrogens (primary N) is 1. The molecule has 0 aliphatic heterocycles. The van der Waals surface area contributed by atoms with Gasteiger partial charge >= 0.3 is 0 Å². The van der Waals surface area contributed by atoms with Gasteiger partial charge in [-0.25, -0.2) is 0 Å². The zero-order valence-corrected chi connectivity index (χ0v) is 10.9. The minimum atomic E-state index is -0.0889. The van der Waals surface area contributed by atoms with Crippen LogP contribution in [0.5, 0.6) is 11.5 Å². The van der Waals surface area contributed by atoms with Crippen LogP contribution in [-0.2, 0) is 4.74 Å². The molecule has 0 radical (unpaired) electrons. The molecule has 4 nitrogen and oxygen atoms in total. The molecule has 0 saturated carbocycles. The zero-order chi connectivity index (χ0) is 12.8. The van der Waals surface area contributed by atoms with Crippen LogP contribution in [0.4, 0.5) is 0 Å². The number of hydrogen-bond acceptors (Lipinski definition) is 4. The van der Waals surface area contributed by atoms with E-state index in [1.807, 2.05) is 25.1 Å². The van der Waals surface area contributed by atoms with Crippen molar-refractivity contribution < 1.29 is 14.2 Å². The molecule has 0 aromatic heterocycles. The predicted octanol–water partition coefficient (Wildman–Crippen LogP) is 2.13. The number of methoxy groups -OCH3 is 3. The number of benzene rings is 1. The predicted molar refractivity (Wildman–Crippen MR) is 67.6 cm³/mol. The van der Waals surface area contributed by atoms with Crippen LogP contribution in [0.2, 0.25) is 0 Å². The Kier molecular flexibility index (Phi) is 5.25. The molecule has 2 unspecified atom stereocenters. The lowest BCUT2D eigenvalue weighted by atomic mass is 10.0. The Morgan fingerprint density at radius 2 is 1.59 bits per heavy atom. The maximum absolute atomic E-state index is 6.13. The molecule has 0 aliphatic carbocycles. The molecule has 0 bridgehead atoms. The highest BCUT2D eigenvalue weighted by Gasteiger charge is 2.13. The molecule has 0 amide bonds. The molecule has 0 fully saturated rings. The van der Waals surface area contributed by atoms with E-state index >= 15 is 0 Å². The van der Waals surface area contributed by atoms with Crippen LogP contribution in [0, 0.1) is 0 Å². The summed E-state index contributed by atoms with van der Waals surface area (Å²) >= 11 is 0. The van der Waals surface area contributed by atoms with Crippen LogP contribution in [-0.4, -0.2) is 27.4 Å². The summed E-state index contributed by atoms with van der Waals surface area (Å²) in [4.78, 5) is 0. The maximum Gasteiger partial charge on any atom is 0.122 e. The van der Waals surface area contributed by atoms with Crippen LogP contribution in [0.1, 0.15) is 24.9 Å². The highest BCUT2D eigenvalue weighted by atomic mass is 16.5. The highest BCUT2D eigenvalue weighted by molar-refractivity contribution is 5.39. The first kappa shape index (κ1) is 13.8. The first-order valence-electron chi connectivity index (χ1n) is 5.62. The number of hydrogen-bond donors (Lipinski definition) is 1. The van der Waals surface area contributed by atoms with Gasteiger partial charge < -0.3 is 19.9 Å². The second-order valence-corrected chi connectivity index (χ2v) is 4.03. The van der Waals surface area contributed by atoms with Crippen LogP contribution in [0.25, 0.3) is 0 Å². The van der Waals surface area contributed by atoms with Crippen molar-refractivity contribution in [2.75, 3.05) is 21.3 Å². The van der Waals surface area contributed by atoms with Gasteiger partial charge in [-0.2, -0.15) is 0 Å². The van der Waals surface area contributed by atoms with Gasteiger partial charge in [0.15, 0.2) is 0 Å². The third-order valence-electron chi connectivity index (χ3n) is 2.79. The SMILES string of the molecule is COc1cc(OC)cc(C(N)CC(C)OC)c1. The van der Waals surface area contributed by atoms with Gasteiger partial charge in [-0.3, -0.25) is 0 Å². The minimum Gasteiger partial charge on any atom is -0.497 e. The summed E-state index contributed by atoms with van der Waals surface area (Å²) in [6.07, 6.45) is 0.884. The van der Waals surface area contributed by atoms with Crippen molar-refractivity contribution in [2.45, 2.75) is 25.5 Å². The van der Waals surface area contributed by atoms with Crippen molar-refractivity contribution in [2.24, 2.45) is 5.73 Å². The van der Waals surface area contributed by atoms with Gasteiger partial charge in [0.1, 0.15) is 11.5 Å². The van der Waals surface area contributed by atoms with Gasteiger partial charge in [0.25, 0.3) is 0 Å². The van der Waals surface area contributed by atoms with Gasteiger partial charge in [0.2, 0.25) is 0 Å². The van der Waals surface area contributed by atoms with E-state index in [4.69, 9.17) is 19.9 Å². The van der Waals surface area contributed by atoms with Gasteiger partial charge in [0, 0.05) is 19.2 Å². The number of ether oxygens (including phenoxy) is 3. The summed E-state index contributed by atoms with van der Waals surface area (Å²) in [6, 6.07) is 5.59. The number of rotatable bonds is 6. The fourth-order valence-corrected chi connectivity index (χ4v) is 1.63. The largest absolute Gasteiger partial charge is 0.497 e. The maximum atomic E-state index is 6.13. The second-order valence-electron chi connectivity index (χ2n) is 4.03. The van der Waals surface area contributed by atoms with Crippen molar-refractivity contribution in [1.29, 1.82) is 0 Å². The lowest BCUT2D eigenvalue weighted by Crippen LogP contribution is -2.18. The van der Waals surface area contributed by atoms with E-state index in [0.29, 0.717) is 0 Å². The molecule has 0 spiro atoms. The first-order chi connectivity index (χ1) is 8.10. The molecule has 0 saturated heterocycles. The van der Waals surface area contributed by atoms with E-state index in [2.05, 4.69) is 0 Å². The molecular weight excluding hydrogens is 218 g/mol. The van der Waals surface area contributed by atoms with E-state index in [9.17, 15) is 0 Å². The average Bonchev–Trinajstić information content (AvgIpc) is 2.37. The van der Waals surface area contributed by atoms with Crippen molar-refractivity contribution in [3.8, 4) is 11.5 Å². The van der Waals surface area contributed by atoms with E-state index < -0.39 is 0 Å². The molecule has 2 N–H and O–H groups in total. The molecule has 96 valence electrons. The summed E-state index contributed by atoms with van der Waals surface area (Å²) in [5.41, 5.74) is 7.12. The average molecular weight is 239 g/mol. The smallest absolute Gasteiger partial charge is 0.122 e. The van der Waals surface area contributed by atoms with Crippen molar-refractivity contribution in [3.05, 3.63) is 23.8 Å². The summed E-state index contributed by atoms with van der Waals surface area (Å²) in [6.45, 7) is 2.00. The summed E-state index contributed by atoms with van der Waals surface area (Å²) in [7, 11) is 4.94. The molecule has 17 heavy (non-hydrogen) atoms. The quantitative estimate of drug-likeness (QED) is 0.826. The van der Waals surface area contributed by atoms with Crippen molar-refractivity contribution >= 4 is 0 Å². The molecule has 2 atom stereocenters. The molecule has 0 heterocycles. The lowest BCUT2D eigenvalue weighted by Gasteiger charge is -2.18. The van der Waals surface area contributed by atoms with Crippen molar-refractivity contribution in [3.63, 3.8) is 0 Å². The minimum absolute atomic E-state index is 0.0889. The normalized spacial score (nSPS) is 14.2. The third-order valence-corrected chi connectivity index (χ3v) is 2.79. The Morgan fingerprint density at radius 3 is 2.00 bits per heavy atom. The van der Waals surface area contributed by atoms with Crippen LogP contribution < -0.4 is 15.2 Å². The van der Waals surface area contributed by atoms with Gasteiger partial charge in [-0.15, -0.1) is 0 Å². The van der Waals surface area contributed by atoms with Crippen LogP contribution in [0.15, 0.2) is 18.2 Å². The van der Waals surface area contributed by atoms with Crippen LogP contribution >= 0.6 is 0 Å². The topological polar surface area (TPSA) is 53.7 Å². The fraction of sp³-hybridized carbons (Fsp3) is 0.538.